The Morgan fingerprint density at radius 1 is 1.38 bits per heavy atom. The minimum absolute atomic E-state index is 0.137. The van der Waals surface area contributed by atoms with E-state index >= 15 is 0 Å². The van der Waals surface area contributed by atoms with Gasteiger partial charge in [0.25, 0.3) is 0 Å². The highest BCUT2D eigenvalue weighted by Crippen LogP contribution is 2.27. The Kier molecular flexibility index (Phi) is 4.18. The van der Waals surface area contributed by atoms with Crippen molar-refractivity contribution in [2.24, 2.45) is 0 Å². The fourth-order valence-corrected chi connectivity index (χ4v) is 2.47. The molecule has 0 atom stereocenters. The summed E-state index contributed by atoms with van der Waals surface area (Å²) in [7, 11) is 0.881. The van der Waals surface area contributed by atoms with Crippen LogP contribution in [0.4, 0.5) is 0 Å². The van der Waals surface area contributed by atoms with Gasteiger partial charge >= 0.3 is 0 Å². The molecule has 0 bridgehead atoms. The lowest BCUT2D eigenvalue weighted by molar-refractivity contribution is 0.400. The van der Waals surface area contributed by atoms with Gasteiger partial charge in [-0.2, -0.15) is 0 Å². The molecule has 0 unspecified atom stereocenters. The van der Waals surface area contributed by atoms with E-state index in [-0.39, 0.29) is 10.8 Å². The second-order valence-electron chi connectivity index (χ2n) is 3.41. The van der Waals surface area contributed by atoms with Gasteiger partial charge in [0.1, 0.15) is 10.6 Å². The van der Waals surface area contributed by atoms with Gasteiger partial charge in [0, 0.05) is 20.0 Å². The number of alkyl halides is 1. The van der Waals surface area contributed by atoms with E-state index in [4.69, 9.17) is 16.3 Å². The van der Waals surface area contributed by atoms with Crippen LogP contribution in [-0.2, 0) is 15.9 Å². The van der Waals surface area contributed by atoms with Gasteiger partial charge in [-0.3, -0.25) is 0 Å². The minimum atomic E-state index is -3.50. The van der Waals surface area contributed by atoms with Crippen LogP contribution in [0.5, 0.6) is 5.75 Å². The highest BCUT2D eigenvalue weighted by atomic mass is 35.5. The van der Waals surface area contributed by atoms with Crippen LogP contribution in [-0.4, -0.2) is 33.9 Å². The third kappa shape index (κ3) is 2.48. The molecule has 0 heterocycles. The molecule has 0 aliphatic carbocycles. The third-order valence-corrected chi connectivity index (χ3v) is 4.29. The number of ether oxygens (including phenoxy) is 1. The van der Waals surface area contributed by atoms with Gasteiger partial charge in [-0.15, -0.1) is 11.6 Å². The Balaban J connectivity index is 3.41. The van der Waals surface area contributed by atoms with Crippen LogP contribution in [0.25, 0.3) is 0 Å². The van der Waals surface area contributed by atoms with Crippen molar-refractivity contribution in [1.82, 2.24) is 4.31 Å². The van der Waals surface area contributed by atoms with E-state index in [0.29, 0.717) is 5.75 Å². The number of sulfonamides is 1. The molecule has 0 radical (unpaired) electrons. The maximum Gasteiger partial charge on any atom is 0.246 e. The molecule has 0 amide bonds. The van der Waals surface area contributed by atoms with Gasteiger partial charge in [-0.25, -0.2) is 12.7 Å². The van der Waals surface area contributed by atoms with Crippen molar-refractivity contribution in [3.63, 3.8) is 0 Å². The first-order valence-electron chi connectivity index (χ1n) is 4.59. The van der Waals surface area contributed by atoms with Crippen molar-refractivity contribution in [3.05, 3.63) is 23.8 Å². The summed E-state index contributed by atoms with van der Waals surface area (Å²) in [5.41, 5.74) is 0.739. The van der Waals surface area contributed by atoms with Gasteiger partial charge in [0.2, 0.25) is 10.0 Å². The average Bonchev–Trinajstić information content (AvgIpc) is 2.27. The molecular formula is C10H14ClNO3S. The first-order chi connectivity index (χ1) is 7.43. The standard InChI is InChI=1S/C10H14ClNO3S/c1-12(2)16(13,14)10-6-8(7-11)4-5-9(10)15-3/h4-6H,7H2,1-3H3. The lowest BCUT2D eigenvalue weighted by atomic mass is 10.2. The molecule has 4 nitrogen and oxygen atoms in total. The fourth-order valence-electron chi connectivity index (χ4n) is 1.20. The molecule has 90 valence electrons. The van der Waals surface area contributed by atoms with E-state index in [2.05, 4.69) is 0 Å². The maximum atomic E-state index is 12.0. The normalized spacial score (nSPS) is 11.8. The molecule has 0 saturated carbocycles. The zero-order chi connectivity index (χ0) is 12.3. The SMILES string of the molecule is COc1ccc(CCl)cc1S(=O)(=O)N(C)C. The molecule has 6 heteroatoms. The van der Waals surface area contributed by atoms with Gasteiger partial charge in [-0.1, -0.05) is 6.07 Å². The van der Waals surface area contributed by atoms with Crippen molar-refractivity contribution < 1.29 is 13.2 Å². The zero-order valence-electron chi connectivity index (χ0n) is 9.40. The molecule has 1 aromatic rings. The van der Waals surface area contributed by atoms with Crippen LogP contribution < -0.4 is 4.74 Å². The molecule has 1 rings (SSSR count). The number of methoxy groups -OCH3 is 1. The van der Waals surface area contributed by atoms with Gasteiger partial charge in [-0.05, 0) is 17.7 Å². The van der Waals surface area contributed by atoms with Crippen molar-refractivity contribution in [3.8, 4) is 5.75 Å². The molecular weight excluding hydrogens is 250 g/mol. The fraction of sp³-hybridized carbons (Fsp3) is 0.400. The Morgan fingerprint density at radius 3 is 2.44 bits per heavy atom. The van der Waals surface area contributed by atoms with Crippen LogP contribution in [0.2, 0.25) is 0 Å². The molecule has 0 aliphatic rings. The monoisotopic (exact) mass is 263 g/mol. The molecule has 0 spiro atoms. The number of hydrogen-bond acceptors (Lipinski definition) is 3. The highest BCUT2D eigenvalue weighted by molar-refractivity contribution is 7.89. The molecule has 0 N–H and O–H groups in total. The zero-order valence-corrected chi connectivity index (χ0v) is 11.0. The van der Waals surface area contributed by atoms with E-state index in [1.54, 1.807) is 12.1 Å². The first kappa shape index (κ1) is 13.3. The largest absolute Gasteiger partial charge is 0.495 e. The van der Waals surface area contributed by atoms with Crippen LogP contribution in [0.3, 0.4) is 0 Å². The highest BCUT2D eigenvalue weighted by Gasteiger charge is 2.22. The smallest absolute Gasteiger partial charge is 0.246 e. The molecule has 0 aliphatic heterocycles. The van der Waals surface area contributed by atoms with E-state index in [1.807, 2.05) is 0 Å². The minimum Gasteiger partial charge on any atom is -0.495 e. The summed E-state index contributed by atoms with van der Waals surface area (Å²) < 4.78 is 30.1. The predicted molar refractivity (Wildman–Crippen MR) is 63.4 cm³/mol. The molecule has 0 fully saturated rings. The van der Waals surface area contributed by atoms with Gasteiger partial charge in [0.05, 0.1) is 7.11 Å². The Hall–Kier alpha value is -0.780. The van der Waals surface area contributed by atoms with Gasteiger partial charge in [0.15, 0.2) is 0 Å². The maximum absolute atomic E-state index is 12.0. The van der Waals surface area contributed by atoms with Crippen molar-refractivity contribution in [1.29, 1.82) is 0 Å². The van der Waals surface area contributed by atoms with Crippen LogP contribution >= 0.6 is 11.6 Å². The van der Waals surface area contributed by atoms with E-state index < -0.39 is 10.0 Å². The quantitative estimate of drug-likeness (QED) is 0.777. The van der Waals surface area contributed by atoms with Crippen molar-refractivity contribution in [2.75, 3.05) is 21.2 Å². The number of nitrogens with zero attached hydrogens (tertiary/aromatic N) is 1. The number of hydrogen-bond donors (Lipinski definition) is 0. The van der Waals surface area contributed by atoms with Crippen molar-refractivity contribution in [2.45, 2.75) is 10.8 Å². The summed E-state index contributed by atoms with van der Waals surface area (Å²) in [6.07, 6.45) is 0. The molecule has 0 saturated heterocycles. The third-order valence-electron chi connectivity index (χ3n) is 2.14. The molecule has 0 aromatic heterocycles. The number of rotatable bonds is 4. The van der Waals surface area contributed by atoms with Crippen molar-refractivity contribution >= 4 is 21.6 Å². The predicted octanol–water partition coefficient (Wildman–Crippen LogP) is 1.68. The summed E-state index contributed by atoms with van der Waals surface area (Å²) >= 11 is 5.67. The Bertz CT molecular complexity index is 471. The summed E-state index contributed by atoms with van der Waals surface area (Å²) in [5, 5.41) is 0. The topological polar surface area (TPSA) is 46.6 Å². The summed E-state index contributed by atoms with van der Waals surface area (Å²) in [6, 6.07) is 4.87. The van der Waals surface area contributed by atoms with Crippen LogP contribution in [0, 0.1) is 0 Å². The lowest BCUT2D eigenvalue weighted by Crippen LogP contribution is -2.22. The Morgan fingerprint density at radius 2 is 2.00 bits per heavy atom. The van der Waals surface area contributed by atoms with E-state index in [9.17, 15) is 8.42 Å². The summed E-state index contributed by atoms with van der Waals surface area (Å²) in [5.74, 6) is 0.586. The second kappa shape index (κ2) is 5.03. The van der Waals surface area contributed by atoms with Crippen LogP contribution in [0.15, 0.2) is 23.1 Å². The van der Waals surface area contributed by atoms with Crippen LogP contribution in [0.1, 0.15) is 5.56 Å². The van der Waals surface area contributed by atoms with E-state index in [1.165, 1.54) is 27.3 Å². The number of halogens is 1. The van der Waals surface area contributed by atoms with E-state index in [0.717, 1.165) is 9.87 Å². The molecule has 1 aromatic carbocycles. The Labute approximate surface area is 101 Å². The summed E-state index contributed by atoms with van der Waals surface area (Å²) in [4.78, 5) is 0.137. The first-order valence-corrected chi connectivity index (χ1v) is 6.56. The lowest BCUT2D eigenvalue weighted by Gasteiger charge is -2.15. The van der Waals surface area contributed by atoms with Gasteiger partial charge < -0.3 is 4.74 Å². The average molecular weight is 264 g/mol. The number of benzene rings is 1. The summed E-state index contributed by atoms with van der Waals surface area (Å²) in [6.45, 7) is 0. The second-order valence-corrected chi connectivity index (χ2v) is 5.79. The molecule has 16 heavy (non-hydrogen) atoms.